The molecule has 0 saturated carbocycles. The average Bonchev–Trinajstić information content (AvgIpc) is 3.34. The van der Waals surface area contributed by atoms with Gasteiger partial charge in [-0.25, -0.2) is 4.79 Å². The maximum Gasteiger partial charge on any atom is 0.410 e. The Bertz CT molecular complexity index is 1350. The third-order valence-corrected chi connectivity index (χ3v) is 13.3. The van der Waals surface area contributed by atoms with Gasteiger partial charge in [-0.05, 0) is 32.7 Å². The number of piperidine rings is 1. The van der Waals surface area contributed by atoms with E-state index in [9.17, 15) is 33.6 Å². The Labute approximate surface area is 433 Å². The number of hydrogen-bond donors (Lipinski definition) is 0. The largest absolute Gasteiger partial charge is 0.465 e. The predicted octanol–water partition coefficient (Wildman–Crippen LogP) is 11.2. The van der Waals surface area contributed by atoms with Crippen LogP contribution in [0.25, 0.3) is 0 Å². The predicted molar refractivity (Wildman–Crippen MR) is 276 cm³/mol. The van der Waals surface area contributed by atoms with Gasteiger partial charge in [-0.1, -0.05) is 156 Å². The summed E-state index contributed by atoms with van der Waals surface area (Å²) in [5, 5.41) is 0. The van der Waals surface area contributed by atoms with Gasteiger partial charge < -0.3 is 38.1 Å². The fraction of sp³-hybridized carbons (Fsp3) is 0.875. The monoisotopic (exact) mass is 1020 g/mol. The number of carbonyl (C=O) groups is 7. The molecular weight excluding hydrogens is 925 g/mol. The molecule has 0 aromatic carbocycles. The molecule has 0 aromatic heterocycles. The molecule has 0 bridgehead atoms. The second kappa shape index (κ2) is 41.4. The van der Waals surface area contributed by atoms with Crippen molar-refractivity contribution in [2.75, 3.05) is 59.7 Å². The van der Waals surface area contributed by atoms with E-state index in [0.29, 0.717) is 38.8 Å². The minimum absolute atomic E-state index is 0.0158. The molecule has 416 valence electrons. The highest BCUT2D eigenvalue weighted by Crippen LogP contribution is 2.23. The summed E-state index contributed by atoms with van der Waals surface area (Å²) in [4.78, 5) is 95.2. The smallest absolute Gasteiger partial charge is 0.410 e. The maximum absolute atomic E-state index is 13.7. The van der Waals surface area contributed by atoms with Crippen molar-refractivity contribution in [3.8, 4) is 0 Å². The van der Waals surface area contributed by atoms with Crippen LogP contribution in [0.5, 0.6) is 0 Å². The highest BCUT2D eigenvalue weighted by Gasteiger charge is 2.38. The van der Waals surface area contributed by atoms with Gasteiger partial charge in [-0.3, -0.25) is 33.7 Å². The molecule has 1 amide bonds. The van der Waals surface area contributed by atoms with Crippen LogP contribution in [0.4, 0.5) is 4.79 Å². The van der Waals surface area contributed by atoms with Gasteiger partial charge in [-0.2, -0.15) is 0 Å². The van der Waals surface area contributed by atoms with Crippen molar-refractivity contribution in [2.45, 2.75) is 245 Å². The minimum atomic E-state index is -0.895. The van der Waals surface area contributed by atoms with E-state index in [4.69, 9.17) is 33.2 Å². The van der Waals surface area contributed by atoms with Crippen LogP contribution in [0, 0.1) is 11.8 Å². The summed E-state index contributed by atoms with van der Waals surface area (Å²) < 4.78 is 40.0. The molecule has 0 N–H and O–H groups in total. The van der Waals surface area contributed by atoms with Crippen LogP contribution in [0.15, 0.2) is 0 Å². The second-order valence-electron chi connectivity index (χ2n) is 20.5. The van der Waals surface area contributed by atoms with Gasteiger partial charge in [0.1, 0.15) is 18.3 Å². The van der Waals surface area contributed by atoms with E-state index in [1.54, 1.807) is 0 Å². The topological polar surface area (TPSA) is 191 Å². The van der Waals surface area contributed by atoms with Gasteiger partial charge in [-0.15, -0.1) is 0 Å². The van der Waals surface area contributed by atoms with Crippen molar-refractivity contribution in [3.05, 3.63) is 0 Å². The van der Waals surface area contributed by atoms with E-state index >= 15 is 0 Å². The molecular formula is C56H98N2O14. The summed E-state index contributed by atoms with van der Waals surface area (Å²) in [6.45, 7) is 9.15. The molecule has 0 spiro atoms. The quantitative estimate of drug-likeness (QED) is 0.0318. The SMILES string of the molecule is CCCCCCCCC(=O)OCC(COC(=O)CCCCCCCC)CC(=O)O[C@@H]1C[C@@H](OC(=O)CC(COC(=O)CCCCCCCC)COC(=O)CCCCCCCC)CN(C(=O)OC2CN(C)C2)C1. The van der Waals surface area contributed by atoms with E-state index in [2.05, 4.69) is 27.7 Å². The number of esters is 6. The summed E-state index contributed by atoms with van der Waals surface area (Å²) in [6, 6.07) is 0. The van der Waals surface area contributed by atoms with Crippen molar-refractivity contribution < 1.29 is 66.7 Å². The van der Waals surface area contributed by atoms with Crippen LogP contribution < -0.4 is 0 Å². The molecule has 16 heteroatoms. The Morgan fingerprint density at radius 2 is 0.667 bits per heavy atom. The number of hydrogen-bond acceptors (Lipinski definition) is 15. The van der Waals surface area contributed by atoms with E-state index in [1.165, 1.54) is 4.90 Å². The minimum Gasteiger partial charge on any atom is -0.465 e. The van der Waals surface area contributed by atoms with Crippen LogP contribution in [0.3, 0.4) is 0 Å². The first-order chi connectivity index (χ1) is 34.8. The van der Waals surface area contributed by atoms with Gasteiger partial charge in [0.15, 0.2) is 0 Å². The normalized spacial score (nSPS) is 16.0. The van der Waals surface area contributed by atoms with E-state index in [1.807, 2.05) is 11.9 Å². The van der Waals surface area contributed by atoms with Crippen LogP contribution in [-0.2, 0) is 61.9 Å². The molecule has 16 nitrogen and oxygen atoms in total. The summed E-state index contributed by atoms with van der Waals surface area (Å²) in [5.41, 5.74) is 0. The van der Waals surface area contributed by atoms with Gasteiger partial charge in [0, 0.05) is 57.0 Å². The lowest BCUT2D eigenvalue weighted by molar-refractivity contribution is -0.167. The number of ether oxygens (including phenoxy) is 7. The van der Waals surface area contributed by atoms with Crippen LogP contribution in [0.1, 0.15) is 227 Å². The van der Waals surface area contributed by atoms with Gasteiger partial charge >= 0.3 is 41.9 Å². The maximum atomic E-state index is 13.7. The zero-order chi connectivity index (χ0) is 52.6. The van der Waals surface area contributed by atoms with Crippen molar-refractivity contribution in [2.24, 2.45) is 11.8 Å². The lowest BCUT2D eigenvalue weighted by atomic mass is 10.0. The third-order valence-electron chi connectivity index (χ3n) is 13.3. The zero-order valence-electron chi connectivity index (χ0n) is 45.6. The molecule has 0 radical (unpaired) electrons. The van der Waals surface area contributed by atoms with Crippen molar-refractivity contribution in [3.63, 3.8) is 0 Å². The molecule has 2 rings (SSSR count). The van der Waals surface area contributed by atoms with Crippen LogP contribution >= 0.6 is 0 Å². The number of likely N-dealkylation sites (N-methyl/N-ethyl adjacent to an activating group) is 1. The molecule has 2 aliphatic heterocycles. The van der Waals surface area contributed by atoms with Crippen LogP contribution in [0.2, 0.25) is 0 Å². The molecule has 2 atom stereocenters. The highest BCUT2D eigenvalue weighted by atomic mass is 16.6. The fourth-order valence-corrected chi connectivity index (χ4v) is 8.86. The summed E-state index contributed by atoms with van der Waals surface area (Å²) in [6.07, 6.45) is 22.2. The highest BCUT2D eigenvalue weighted by molar-refractivity contribution is 5.73. The van der Waals surface area contributed by atoms with E-state index in [0.717, 1.165) is 128 Å². The van der Waals surface area contributed by atoms with Crippen LogP contribution in [-0.4, -0.2) is 130 Å². The number of rotatable bonds is 43. The number of carbonyl (C=O) groups excluding carboxylic acids is 7. The Kier molecular flexibility index (Phi) is 36.9. The first kappa shape index (κ1) is 64.2. The number of amides is 1. The van der Waals surface area contributed by atoms with E-state index < -0.39 is 42.1 Å². The van der Waals surface area contributed by atoms with Gasteiger partial charge in [0.25, 0.3) is 0 Å². The molecule has 0 aliphatic carbocycles. The Balaban J connectivity index is 2.13. The lowest BCUT2D eigenvalue weighted by Gasteiger charge is -2.40. The van der Waals surface area contributed by atoms with Crippen molar-refractivity contribution in [1.82, 2.24) is 9.80 Å². The standard InChI is InChI=1S/C56H98N2O14/c1-6-10-14-18-22-26-30-50(59)66-41-45(42-67-51(60)31-27-23-19-15-11-7-2)34-54(63)70-47-36-48(40-58(39-47)56(65)72-49-37-57(5)38-49)71-55(64)35-46(43-68-52(61)32-28-24-20-16-12-8-3)44-69-53(62)33-29-25-21-17-13-9-4/h45-49H,6-44H2,1-5H3/t47-,48-/m1/s1. The van der Waals surface area contributed by atoms with Gasteiger partial charge in [0.2, 0.25) is 0 Å². The Hall–Kier alpha value is -3.95. The van der Waals surface area contributed by atoms with Crippen molar-refractivity contribution in [1.29, 1.82) is 0 Å². The second-order valence-corrected chi connectivity index (χ2v) is 20.5. The molecule has 72 heavy (non-hydrogen) atoms. The van der Waals surface area contributed by atoms with Gasteiger partial charge in [0.05, 0.1) is 52.4 Å². The number of nitrogens with zero attached hydrogens (tertiary/aromatic N) is 2. The van der Waals surface area contributed by atoms with Crippen molar-refractivity contribution >= 4 is 41.9 Å². The lowest BCUT2D eigenvalue weighted by Crippen LogP contribution is -2.55. The zero-order valence-corrected chi connectivity index (χ0v) is 45.6. The summed E-state index contributed by atoms with van der Waals surface area (Å²) in [5.74, 6) is -4.20. The average molecular weight is 1020 g/mol. The number of unbranched alkanes of at least 4 members (excludes halogenated alkanes) is 20. The van der Waals surface area contributed by atoms with E-state index in [-0.39, 0.29) is 114 Å². The Morgan fingerprint density at radius 1 is 0.375 bits per heavy atom. The molecule has 0 aromatic rings. The molecule has 2 heterocycles. The summed E-state index contributed by atoms with van der Waals surface area (Å²) in [7, 11) is 1.91. The first-order valence-corrected chi connectivity index (χ1v) is 28.5. The summed E-state index contributed by atoms with van der Waals surface area (Å²) >= 11 is 0. The molecule has 2 fully saturated rings. The third kappa shape index (κ3) is 33.0. The molecule has 2 aliphatic rings. The fourth-order valence-electron chi connectivity index (χ4n) is 8.86. The first-order valence-electron chi connectivity index (χ1n) is 28.5. The molecule has 0 unspecified atom stereocenters. The Morgan fingerprint density at radius 3 is 0.958 bits per heavy atom. The number of likely N-dealkylation sites (tertiary alicyclic amines) is 2. The molecule has 2 saturated heterocycles.